The summed E-state index contributed by atoms with van der Waals surface area (Å²) < 4.78 is 1.53. The first-order chi connectivity index (χ1) is 6.61. The Morgan fingerprint density at radius 2 is 2.29 bits per heavy atom. The number of ketones is 1. The lowest BCUT2D eigenvalue weighted by atomic mass is 10.2. The van der Waals surface area contributed by atoms with Gasteiger partial charge in [0.15, 0.2) is 5.78 Å². The Labute approximate surface area is 85.5 Å². The van der Waals surface area contributed by atoms with Gasteiger partial charge in [-0.25, -0.2) is 4.98 Å². The minimum Gasteiger partial charge on any atom is -0.296 e. The highest BCUT2D eigenvalue weighted by atomic mass is 35.5. The van der Waals surface area contributed by atoms with Gasteiger partial charge in [-0.2, -0.15) is 0 Å². The summed E-state index contributed by atoms with van der Waals surface area (Å²) in [6.07, 6.45) is 1.65. The molecule has 0 fully saturated rings. The van der Waals surface area contributed by atoms with Gasteiger partial charge >= 0.3 is 0 Å². The molecular weight excluding hydrogens is 204 g/mol. The number of aromatic nitrogens is 2. The van der Waals surface area contributed by atoms with Crippen molar-refractivity contribution in [1.29, 1.82) is 0 Å². The molecule has 0 radical (unpaired) electrons. The minimum absolute atomic E-state index is 0.0114. The lowest BCUT2D eigenvalue weighted by Crippen LogP contribution is -2.27. The van der Waals surface area contributed by atoms with Crippen LogP contribution in [0, 0.1) is 0 Å². The zero-order chi connectivity index (χ0) is 10.3. The maximum atomic E-state index is 11.7. The van der Waals surface area contributed by atoms with Crippen LogP contribution in [0.3, 0.4) is 0 Å². The normalized spacial score (nSPS) is 14.1. The second-order valence-electron chi connectivity index (χ2n) is 3.31. The zero-order valence-corrected chi connectivity index (χ0v) is 8.47. The molecular formula is C9H9ClN2O2. The van der Waals surface area contributed by atoms with Gasteiger partial charge in [0.2, 0.25) is 0 Å². The zero-order valence-electron chi connectivity index (χ0n) is 7.71. The van der Waals surface area contributed by atoms with Crippen LogP contribution in [0.2, 0.25) is 5.15 Å². The number of halogens is 1. The number of hydrogen-bond acceptors (Lipinski definition) is 3. The maximum Gasteiger partial charge on any atom is 0.265 e. The van der Waals surface area contributed by atoms with Gasteiger partial charge in [-0.3, -0.25) is 14.2 Å². The van der Waals surface area contributed by atoms with Gasteiger partial charge in [0.25, 0.3) is 5.56 Å². The molecule has 74 valence electrons. The Morgan fingerprint density at radius 1 is 1.57 bits per heavy atom. The van der Waals surface area contributed by atoms with Gasteiger partial charge in [-0.05, 0) is 13.3 Å². The quantitative estimate of drug-likeness (QED) is 0.517. The van der Waals surface area contributed by atoms with Crippen LogP contribution in [-0.2, 0) is 13.0 Å². The smallest absolute Gasteiger partial charge is 0.265 e. The third-order valence-corrected chi connectivity index (χ3v) is 2.61. The van der Waals surface area contributed by atoms with Crippen molar-refractivity contribution in [1.82, 2.24) is 9.55 Å². The summed E-state index contributed by atoms with van der Waals surface area (Å²) in [5, 5.41) is 0.0376. The number of hydrogen-bond donors (Lipinski definition) is 0. The Balaban J connectivity index is 2.75. The van der Waals surface area contributed by atoms with Crippen LogP contribution in [0.1, 0.15) is 29.5 Å². The van der Waals surface area contributed by atoms with Crippen LogP contribution in [0.5, 0.6) is 0 Å². The van der Waals surface area contributed by atoms with E-state index >= 15 is 0 Å². The van der Waals surface area contributed by atoms with Crippen molar-refractivity contribution in [2.24, 2.45) is 0 Å². The van der Waals surface area contributed by atoms with Crippen LogP contribution in [-0.4, -0.2) is 15.3 Å². The Kier molecular flexibility index (Phi) is 2.15. The number of Topliss-reactive ketones (excluding diaryl/α,β-unsaturated/α-hetero) is 1. The van der Waals surface area contributed by atoms with Crippen molar-refractivity contribution in [3.8, 4) is 0 Å². The summed E-state index contributed by atoms with van der Waals surface area (Å²) in [7, 11) is 0. The number of fused-ring (bicyclic) bond motifs is 1. The first-order valence-corrected chi connectivity index (χ1v) is 4.79. The summed E-state index contributed by atoms with van der Waals surface area (Å²) in [6, 6.07) is 0. The average molecular weight is 213 g/mol. The summed E-state index contributed by atoms with van der Waals surface area (Å²) >= 11 is 5.76. The van der Waals surface area contributed by atoms with Crippen molar-refractivity contribution >= 4 is 17.4 Å². The van der Waals surface area contributed by atoms with E-state index < -0.39 is 0 Å². The summed E-state index contributed by atoms with van der Waals surface area (Å²) in [5.74, 6) is 0.361. The maximum absolute atomic E-state index is 11.7. The molecule has 1 aliphatic heterocycles. The van der Waals surface area contributed by atoms with Gasteiger partial charge in [0.05, 0.1) is 0 Å². The predicted molar refractivity (Wildman–Crippen MR) is 51.8 cm³/mol. The largest absolute Gasteiger partial charge is 0.296 e. The fourth-order valence-corrected chi connectivity index (χ4v) is 1.99. The fraction of sp³-hybridized carbons (Fsp3) is 0.444. The molecule has 0 bridgehead atoms. The van der Waals surface area contributed by atoms with Gasteiger partial charge in [-0.1, -0.05) is 11.6 Å². The summed E-state index contributed by atoms with van der Waals surface area (Å²) in [4.78, 5) is 26.9. The average Bonchev–Trinajstić information content (AvgIpc) is 2.50. The van der Waals surface area contributed by atoms with E-state index in [1.807, 2.05) is 0 Å². The van der Waals surface area contributed by atoms with Gasteiger partial charge in [0, 0.05) is 13.0 Å². The third kappa shape index (κ3) is 1.26. The van der Waals surface area contributed by atoms with Gasteiger partial charge < -0.3 is 0 Å². The Hall–Kier alpha value is -1.16. The van der Waals surface area contributed by atoms with E-state index in [1.165, 1.54) is 11.5 Å². The first kappa shape index (κ1) is 9.40. The molecule has 5 heteroatoms. The van der Waals surface area contributed by atoms with E-state index in [2.05, 4.69) is 4.98 Å². The molecule has 0 atom stereocenters. The van der Waals surface area contributed by atoms with Crippen molar-refractivity contribution < 1.29 is 4.79 Å². The van der Waals surface area contributed by atoms with Crippen molar-refractivity contribution in [3.05, 3.63) is 26.9 Å². The monoisotopic (exact) mass is 212 g/mol. The van der Waals surface area contributed by atoms with Gasteiger partial charge in [0.1, 0.15) is 16.5 Å². The van der Waals surface area contributed by atoms with Crippen molar-refractivity contribution in [2.45, 2.75) is 26.3 Å². The molecule has 0 amide bonds. The van der Waals surface area contributed by atoms with Crippen LogP contribution in [0.15, 0.2) is 4.79 Å². The lowest BCUT2D eigenvalue weighted by molar-refractivity contribution is 0.101. The highest BCUT2D eigenvalue weighted by Crippen LogP contribution is 2.15. The lowest BCUT2D eigenvalue weighted by Gasteiger charge is -2.05. The first-order valence-electron chi connectivity index (χ1n) is 4.41. The number of carbonyl (C=O) groups excluding carboxylic acids is 1. The molecule has 0 aliphatic carbocycles. The van der Waals surface area contributed by atoms with Crippen molar-refractivity contribution in [3.63, 3.8) is 0 Å². The predicted octanol–water partition coefficient (Wildman–Crippen LogP) is 1.05. The van der Waals surface area contributed by atoms with E-state index in [-0.39, 0.29) is 22.1 Å². The SMILES string of the molecule is CC(=O)c1c(Cl)nc2n(c1=O)CCC2. The Morgan fingerprint density at radius 3 is 2.93 bits per heavy atom. The molecule has 0 saturated carbocycles. The molecule has 14 heavy (non-hydrogen) atoms. The molecule has 4 nitrogen and oxygen atoms in total. The molecule has 0 saturated heterocycles. The molecule has 0 aromatic carbocycles. The number of nitrogens with zero attached hydrogens (tertiary/aromatic N) is 2. The fourth-order valence-electron chi connectivity index (χ4n) is 1.68. The van der Waals surface area contributed by atoms with E-state index in [0.29, 0.717) is 12.4 Å². The Bertz CT molecular complexity index is 465. The molecule has 0 spiro atoms. The van der Waals surface area contributed by atoms with E-state index in [9.17, 15) is 9.59 Å². The van der Waals surface area contributed by atoms with E-state index in [4.69, 9.17) is 11.6 Å². The standard InChI is InChI=1S/C9H9ClN2O2/c1-5(13)7-8(10)11-6-3-2-4-12(6)9(7)14/h2-4H2,1H3. The highest BCUT2D eigenvalue weighted by molar-refractivity contribution is 6.32. The molecule has 1 aliphatic rings. The number of rotatable bonds is 1. The number of aryl methyl sites for hydroxylation is 1. The third-order valence-electron chi connectivity index (χ3n) is 2.34. The minimum atomic E-state index is -0.324. The summed E-state index contributed by atoms with van der Waals surface area (Å²) in [5.41, 5.74) is -0.290. The van der Waals surface area contributed by atoms with Crippen LogP contribution < -0.4 is 5.56 Å². The molecule has 1 aromatic heterocycles. The molecule has 0 unspecified atom stereocenters. The second kappa shape index (κ2) is 3.20. The molecule has 1 aromatic rings. The molecule has 2 rings (SSSR count). The highest BCUT2D eigenvalue weighted by Gasteiger charge is 2.21. The molecule has 0 N–H and O–H groups in total. The summed E-state index contributed by atoms with van der Waals surface area (Å²) in [6.45, 7) is 1.96. The second-order valence-corrected chi connectivity index (χ2v) is 3.67. The molecule has 2 heterocycles. The van der Waals surface area contributed by atoms with Crippen LogP contribution in [0.25, 0.3) is 0 Å². The van der Waals surface area contributed by atoms with Gasteiger partial charge in [-0.15, -0.1) is 0 Å². The van der Waals surface area contributed by atoms with Crippen LogP contribution in [0.4, 0.5) is 0 Å². The van der Waals surface area contributed by atoms with Crippen LogP contribution >= 0.6 is 11.6 Å². The van der Waals surface area contributed by atoms with E-state index in [1.54, 1.807) is 0 Å². The topological polar surface area (TPSA) is 52.0 Å². The van der Waals surface area contributed by atoms with Crippen molar-refractivity contribution in [2.75, 3.05) is 0 Å². The van der Waals surface area contributed by atoms with E-state index in [0.717, 1.165) is 12.8 Å². The number of carbonyl (C=O) groups is 1.